The van der Waals surface area contributed by atoms with E-state index in [1.54, 1.807) is 4.90 Å². The molecular weight excluding hydrogens is 328 g/mol. The molecule has 0 bridgehead atoms. The van der Waals surface area contributed by atoms with Crippen molar-refractivity contribution < 1.29 is 14.3 Å². The Hall–Kier alpha value is -2.82. The van der Waals surface area contributed by atoms with Gasteiger partial charge in [-0.15, -0.1) is 0 Å². The van der Waals surface area contributed by atoms with E-state index < -0.39 is 6.04 Å². The van der Waals surface area contributed by atoms with E-state index >= 15 is 0 Å². The molecule has 0 aliphatic carbocycles. The van der Waals surface area contributed by atoms with E-state index in [0.29, 0.717) is 25.3 Å². The Balaban J connectivity index is 1.52. The van der Waals surface area contributed by atoms with Crippen molar-refractivity contribution >= 4 is 11.8 Å². The Morgan fingerprint density at radius 1 is 1.12 bits per heavy atom. The van der Waals surface area contributed by atoms with Gasteiger partial charge in [0, 0.05) is 13.1 Å². The van der Waals surface area contributed by atoms with Gasteiger partial charge in [0.1, 0.15) is 11.8 Å². The Bertz CT molecular complexity index is 744. The van der Waals surface area contributed by atoms with Crippen molar-refractivity contribution in [2.45, 2.75) is 32.4 Å². The molecule has 0 spiro atoms. The van der Waals surface area contributed by atoms with Crippen molar-refractivity contribution in [3.8, 4) is 5.75 Å². The maximum atomic E-state index is 12.5. The first-order valence-corrected chi connectivity index (χ1v) is 8.94. The molecule has 1 saturated heterocycles. The first-order valence-electron chi connectivity index (χ1n) is 8.94. The van der Waals surface area contributed by atoms with Crippen LogP contribution in [0.4, 0.5) is 0 Å². The van der Waals surface area contributed by atoms with Crippen LogP contribution in [0.3, 0.4) is 0 Å². The number of carbonyl (C=O) groups excluding carboxylic acids is 2. The lowest BCUT2D eigenvalue weighted by Crippen LogP contribution is -2.47. The van der Waals surface area contributed by atoms with Crippen molar-refractivity contribution in [2.24, 2.45) is 0 Å². The molecule has 2 aromatic rings. The summed E-state index contributed by atoms with van der Waals surface area (Å²) in [5.41, 5.74) is 2.18. The fourth-order valence-corrected chi connectivity index (χ4v) is 3.10. The average Bonchev–Trinajstić information content (AvgIpc) is 3.16. The van der Waals surface area contributed by atoms with E-state index in [0.717, 1.165) is 17.5 Å². The molecule has 136 valence electrons. The maximum Gasteiger partial charge on any atom is 0.261 e. The molecular formula is C21H24N2O3. The Labute approximate surface area is 154 Å². The van der Waals surface area contributed by atoms with Crippen LogP contribution in [0.2, 0.25) is 0 Å². The molecule has 1 atom stereocenters. The van der Waals surface area contributed by atoms with E-state index in [1.807, 2.05) is 61.5 Å². The number of nitrogens with zero attached hydrogens (tertiary/aromatic N) is 1. The monoisotopic (exact) mass is 352 g/mol. The van der Waals surface area contributed by atoms with Gasteiger partial charge < -0.3 is 15.0 Å². The number of hydrogen-bond donors (Lipinski definition) is 1. The van der Waals surface area contributed by atoms with Crippen molar-refractivity contribution in [1.29, 1.82) is 0 Å². The highest BCUT2D eigenvalue weighted by molar-refractivity contribution is 5.88. The molecule has 1 fully saturated rings. The number of carbonyl (C=O) groups is 2. The molecule has 0 radical (unpaired) electrons. The number of benzene rings is 2. The zero-order valence-electron chi connectivity index (χ0n) is 15.0. The number of likely N-dealkylation sites (tertiary alicyclic amines) is 1. The van der Waals surface area contributed by atoms with Crippen LogP contribution in [0.25, 0.3) is 0 Å². The van der Waals surface area contributed by atoms with Crippen LogP contribution in [0, 0.1) is 6.92 Å². The number of rotatable bonds is 6. The molecule has 5 nitrogen and oxygen atoms in total. The fourth-order valence-electron chi connectivity index (χ4n) is 3.10. The smallest absolute Gasteiger partial charge is 0.261 e. The van der Waals surface area contributed by atoms with Crippen molar-refractivity contribution in [3.63, 3.8) is 0 Å². The fraction of sp³-hybridized carbons (Fsp3) is 0.333. The quantitative estimate of drug-likeness (QED) is 0.870. The second-order valence-electron chi connectivity index (χ2n) is 6.55. The van der Waals surface area contributed by atoms with Gasteiger partial charge in [-0.3, -0.25) is 9.59 Å². The van der Waals surface area contributed by atoms with Gasteiger partial charge in [0.2, 0.25) is 5.91 Å². The van der Waals surface area contributed by atoms with Crippen molar-refractivity contribution in [3.05, 3.63) is 65.7 Å². The first kappa shape index (κ1) is 18.0. The largest absolute Gasteiger partial charge is 0.484 e. The minimum atomic E-state index is -0.409. The second-order valence-corrected chi connectivity index (χ2v) is 6.55. The molecule has 1 N–H and O–H groups in total. The topological polar surface area (TPSA) is 58.6 Å². The van der Waals surface area contributed by atoms with Gasteiger partial charge in [-0.25, -0.2) is 0 Å². The molecule has 1 heterocycles. The molecule has 0 saturated carbocycles. The van der Waals surface area contributed by atoms with Crippen LogP contribution in [0.5, 0.6) is 5.75 Å². The molecule has 2 amide bonds. The molecule has 26 heavy (non-hydrogen) atoms. The Morgan fingerprint density at radius 2 is 1.85 bits per heavy atom. The molecule has 3 rings (SSSR count). The van der Waals surface area contributed by atoms with E-state index in [2.05, 4.69) is 5.32 Å². The van der Waals surface area contributed by atoms with Crippen LogP contribution in [-0.2, 0) is 16.1 Å². The number of ether oxygens (including phenoxy) is 1. The van der Waals surface area contributed by atoms with Gasteiger partial charge in [-0.05, 0) is 37.5 Å². The summed E-state index contributed by atoms with van der Waals surface area (Å²) >= 11 is 0. The predicted octanol–water partition coefficient (Wildman–Crippen LogP) is 2.68. The van der Waals surface area contributed by atoms with Crippen LogP contribution >= 0.6 is 0 Å². The lowest BCUT2D eigenvalue weighted by molar-refractivity contribution is -0.140. The third kappa shape index (κ3) is 4.63. The summed E-state index contributed by atoms with van der Waals surface area (Å²) in [4.78, 5) is 26.6. The van der Waals surface area contributed by atoms with Gasteiger partial charge in [-0.2, -0.15) is 0 Å². The summed E-state index contributed by atoms with van der Waals surface area (Å²) in [5, 5.41) is 2.93. The zero-order valence-corrected chi connectivity index (χ0v) is 15.0. The summed E-state index contributed by atoms with van der Waals surface area (Å²) in [6.07, 6.45) is 1.52. The van der Waals surface area contributed by atoms with E-state index in [1.165, 1.54) is 0 Å². The highest BCUT2D eigenvalue weighted by atomic mass is 16.5. The number of aryl methyl sites for hydroxylation is 1. The molecule has 5 heteroatoms. The Kier molecular flexibility index (Phi) is 5.89. The summed E-state index contributed by atoms with van der Waals surface area (Å²) in [6, 6.07) is 16.9. The van der Waals surface area contributed by atoms with Crippen LogP contribution < -0.4 is 10.1 Å². The lowest BCUT2D eigenvalue weighted by atomic mass is 10.2. The third-order valence-corrected chi connectivity index (χ3v) is 4.57. The van der Waals surface area contributed by atoms with Crippen molar-refractivity contribution in [1.82, 2.24) is 10.2 Å². The zero-order chi connectivity index (χ0) is 18.4. The van der Waals surface area contributed by atoms with Gasteiger partial charge in [0.05, 0.1) is 0 Å². The van der Waals surface area contributed by atoms with Gasteiger partial charge in [-0.1, -0.05) is 48.0 Å². The summed E-state index contributed by atoms with van der Waals surface area (Å²) < 4.78 is 5.57. The van der Waals surface area contributed by atoms with Crippen LogP contribution in [0.15, 0.2) is 54.6 Å². The Morgan fingerprint density at radius 3 is 2.58 bits per heavy atom. The highest BCUT2D eigenvalue weighted by Gasteiger charge is 2.33. The van der Waals surface area contributed by atoms with Crippen LogP contribution in [0.1, 0.15) is 24.0 Å². The van der Waals surface area contributed by atoms with E-state index in [-0.39, 0.29) is 18.4 Å². The van der Waals surface area contributed by atoms with E-state index in [4.69, 9.17) is 4.74 Å². The van der Waals surface area contributed by atoms with Gasteiger partial charge in [0.15, 0.2) is 6.61 Å². The number of hydrogen-bond acceptors (Lipinski definition) is 3. The normalized spacial score (nSPS) is 16.3. The standard InChI is InChI=1S/C21H24N2O3/c1-16-9-11-18(12-10-16)26-15-20(24)23-13-5-8-19(23)21(25)22-14-17-6-3-2-4-7-17/h2-4,6-7,9-12,19H,5,8,13-15H2,1H3,(H,22,25)/t19-/m1/s1. The van der Waals surface area contributed by atoms with E-state index in [9.17, 15) is 9.59 Å². The summed E-state index contributed by atoms with van der Waals surface area (Å²) in [5.74, 6) is 0.409. The van der Waals surface area contributed by atoms with Crippen molar-refractivity contribution in [2.75, 3.05) is 13.2 Å². The SMILES string of the molecule is Cc1ccc(OCC(=O)N2CCC[C@@H]2C(=O)NCc2ccccc2)cc1. The molecule has 1 aliphatic rings. The molecule has 2 aromatic carbocycles. The summed E-state index contributed by atoms with van der Waals surface area (Å²) in [7, 11) is 0. The lowest BCUT2D eigenvalue weighted by Gasteiger charge is -2.24. The molecule has 0 aromatic heterocycles. The first-order chi connectivity index (χ1) is 12.6. The minimum absolute atomic E-state index is 0.0501. The number of amides is 2. The molecule has 0 unspecified atom stereocenters. The predicted molar refractivity (Wildman–Crippen MR) is 99.7 cm³/mol. The second kappa shape index (κ2) is 8.52. The minimum Gasteiger partial charge on any atom is -0.484 e. The van der Waals surface area contributed by atoms with Crippen LogP contribution in [-0.4, -0.2) is 35.9 Å². The molecule has 1 aliphatic heterocycles. The number of nitrogens with one attached hydrogen (secondary N) is 1. The summed E-state index contributed by atoms with van der Waals surface area (Å²) in [6.45, 7) is 3.01. The maximum absolute atomic E-state index is 12.5. The third-order valence-electron chi connectivity index (χ3n) is 4.57. The van der Waals surface area contributed by atoms with Gasteiger partial charge in [0.25, 0.3) is 5.91 Å². The van der Waals surface area contributed by atoms with Gasteiger partial charge >= 0.3 is 0 Å². The highest BCUT2D eigenvalue weighted by Crippen LogP contribution is 2.19. The average molecular weight is 352 g/mol.